The Morgan fingerprint density at radius 2 is 1.92 bits per heavy atom. The molecule has 1 aromatic heterocycles. The van der Waals surface area contributed by atoms with E-state index in [0.717, 1.165) is 30.4 Å². The number of aryl methyl sites for hydroxylation is 1. The van der Waals surface area contributed by atoms with E-state index in [9.17, 15) is 4.79 Å². The molecule has 1 atom stereocenters. The lowest BCUT2D eigenvalue weighted by Gasteiger charge is -2.35. The Morgan fingerprint density at radius 3 is 2.54 bits per heavy atom. The van der Waals surface area contributed by atoms with Crippen LogP contribution in [-0.2, 0) is 6.54 Å². The van der Waals surface area contributed by atoms with Crippen molar-refractivity contribution >= 4 is 17.5 Å². The molecule has 1 amide bonds. The number of carbonyl (C=O) groups is 1. The fraction of sp³-hybridized carbons (Fsp3) is 0.500. The quantitative estimate of drug-likeness (QED) is 0.836. The minimum atomic E-state index is -0.0572. The van der Waals surface area contributed by atoms with E-state index in [2.05, 4.69) is 27.4 Å². The van der Waals surface area contributed by atoms with Gasteiger partial charge >= 0.3 is 0 Å². The minimum Gasteiger partial charge on any atom is -0.350 e. The van der Waals surface area contributed by atoms with E-state index >= 15 is 0 Å². The molecule has 1 aliphatic heterocycles. The maximum absolute atomic E-state index is 12.7. The van der Waals surface area contributed by atoms with Crippen molar-refractivity contribution in [2.45, 2.75) is 45.7 Å². The van der Waals surface area contributed by atoms with E-state index in [1.807, 2.05) is 30.7 Å². The van der Waals surface area contributed by atoms with Gasteiger partial charge in [-0.1, -0.05) is 30.2 Å². The van der Waals surface area contributed by atoms with Crippen molar-refractivity contribution in [3.63, 3.8) is 0 Å². The average molecular weight is 375 g/mol. The van der Waals surface area contributed by atoms with Crippen LogP contribution in [0.3, 0.4) is 0 Å². The first-order valence-electron chi connectivity index (χ1n) is 9.40. The summed E-state index contributed by atoms with van der Waals surface area (Å²) in [6.07, 6.45) is 5.36. The minimum absolute atomic E-state index is 0.0572. The van der Waals surface area contributed by atoms with Crippen molar-refractivity contribution in [1.29, 1.82) is 0 Å². The zero-order valence-corrected chi connectivity index (χ0v) is 16.3. The predicted molar refractivity (Wildman–Crippen MR) is 105 cm³/mol. The lowest BCUT2D eigenvalue weighted by atomic mass is 10.0. The molecule has 1 N–H and O–H groups in total. The molecule has 2 aromatic rings. The van der Waals surface area contributed by atoms with E-state index < -0.39 is 0 Å². The Hall–Kier alpha value is -1.85. The molecule has 2 heterocycles. The molecule has 140 valence electrons. The van der Waals surface area contributed by atoms with Crippen molar-refractivity contribution in [2.75, 3.05) is 19.6 Å². The van der Waals surface area contributed by atoms with Gasteiger partial charge in [-0.15, -0.1) is 0 Å². The van der Waals surface area contributed by atoms with Crippen LogP contribution in [0.1, 0.15) is 53.8 Å². The van der Waals surface area contributed by atoms with Crippen molar-refractivity contribution in [2.24, 2.45) is 0 Å². The largest absolute Gasteiger partial charge is 0.350 e. The zero-order chi connectivity index (χ0) is 18.5. The Morgan fingerprint density at radius 1 is 1.23 bits per heavy atom. The smallest absolute Gasteiger partial charge is 0.254 e. The fourth-order valence-electron chi connectivity index (χ4n) is 3.65. The van der Waals surface area contributed by atoms with Crippen LogP contribution in [-0.4, -0.2) is 40.2 Å². The van der Waals surface area contributed by atoms with Gasteiger partial charge in [-0.05, 0) is 57.5 Å². The highest BCUT2D eigenvalue weighted by molar-refractivity contribution is 6.30. The SMILES string of the molecule is CCn1ncc(C(=O)NCC(c2ccc(Cl)cc2)N2CCCCC2)c1C. The molecule has 0 aliphatic carbocycles. The van der Waals surface area contributed by atoms with E-state index in [-0.39, 0.29) is 11.9 Å². The second kappa shape index (κ2) is 8.69. The summed E-state index contributed by atoms with van der Waals surface area (Å²) in [6.45, 7) is 7.44. The van der Waals surface area contributed by atoms with Crippen LogP contribution in [0.2, 0.25) is 5.02 Å². The summed E-state index contributed by atoms with van der Waals surface area (Å²) in [7, 11) is 0. The van der Waals surface area contributed by atoms with Crippen LogP contribution in [0, 0.1) is 6.92 Å². The molecular formula is C20H27ClN4O. The first kappa shape index (κ1) is 18.9. The van der Waals surface area contributed by atoms with Gasteiger partial charge in [0.1, 0.15) is 0 Å². The van der Waals surface area contributed by atoms with Crippen molar-refractivity contribution < 1.29 is 4.79 Å². The van der Waals surface area contributed by atoms with Gasteiger partial charge in [-0.3, -0.25) is 14.4 Å². The number of benzene rings is 1. The highest BCUT2D eigenvalue weighted by Gasteiger charge is 2.23. The van der Waals surface area contributed by atoms with Gasteiger partial charge in [0.05, 0.1) is 17.8 Å². The summed E-state index contributed by atoms with van der Waals surface area (Å²) >= 11 is 6.05. The molecule has 0 radical (unpaired) electrons. The van der Waals surface area contributed by atoms with Gasteiger partial charge in [0.25, 0.3) is 5.91 Å². The normalized spacial score (nSPS) is 16.4. The summed E-state index contributed by atoms with van der Waals surface area (Å²) in [5, 5.41) is 8.13. The van der Waals surface area contributed by atoms with Crippen LogP contribution < -0.4 is 5.32 Å². The topological polar surface area (TPSA) is 50.2 Å². The summed E-state index contributed by atoms with van der Waals surface area (Å²) in [4.78, 5) is 15.1. The number of piperidine rings is 1. The third-order valence-corrected chi connectivity index (χ3v) is 5.44. The van der Waals surface area contributed by atoms with Crippen LogP contribution in [0.5, 0.6) is 0 Å². The summed E-state index contributed by atoms with van der Waals surface area (Å²) in [6, 6.07) is 8.14. The average Bonchev–Trinajstić information content (AvgIpc) is 3.04. The zero-order valence-electron chi connectivity index (χ0n) is 15.5. The number of nitrogens with one attached hydrogen (secondary N) is 1. The highest BCUT2D eigenvalue weighted by atomic mass is 35.5. The molecule has 0 spiro atoms. The number of carbonyl (C=O) groups excluding carboxylic acids is 1. The molecule has 6 heteroatoms. The lowest BCUT2D eigenvalue weighted by Crippen LogP contribution is -2.40. The number of likely N-dealkylation sites (tertiary alicyclic amines) is 1. The Kier molecular flexibility index (Phi) is 6.33. The lowest BCUT2D eigenvalue weighted by molar-refractivity contribution is 0.0923. The second-order valence-electron chi connectivity index (χ2n) is 6.83. The summed E-state index contributed by atoms with van der Waals surface area (Å²) in [5.74, 6) is -0.0572. The van der Waals surface area contributed by atoms with E-state index in [0.29, 0.717) is 12.1 Å². The highest BCUT2D eigenvalue weighted by Crippen LogP contribution is 2.25. The van der Waals surface area contributed by atoms with Crippen molar-refractivity contribution in [3.05, 3.63) is 52.3 Å². The number of rotatable bonds is 6. The molecule has 5 nitrogen and oxygen atoms in total. The first-order valence-corrected chi connectivity index (χ1v) is 9.78. The van der Waals surface area contributed by atoms with Gasteiger partial charge in [0.15, 0.2) is 0 Å². The third kappa shape index (κ3) is 4.27. The Bertz CT molecular complexity index is 735. The molecular weight excluding hydrogens is 348 g/mol. The van der Waals surface area contributed by atoms with Gasteiger partial charge in [-0.25, -0.2) is 0 Å². The standard InChI is InChI=1S/C20H27ClN4O/c1-3-25-15(2)18(13-23-25)20(26)22-14-19(24-11-5-4-6-12-24)16-7-9-17(21)10-8-16/h7-10,13,19H,3-6,11-12,14H2,1-2H3,(H,22,26). The van der Waals surface area contributed by atoms with Gasteiger partial charge in [-0.2, -0.15) is 5.10 Å². The number of aromatic nitrogens is 2. The number of amides is 1. The van der Waals surface area contributed by atoms with E-state index in [1.54, 1.807) is 6.20 Å². The van der Waals surface area contributed by atoms with Gasteiger partial charge in [0, 0.05) is 23.8 Å². The van der Waals surface area contributed by atoms with Crippen molar-refractivity contribution in [1.82, 2.24) is 20.0 Å². The molecule has 0 saturated carbocycles. The monoisotopic (exact) mass is 374 g/mol. The predicted octanol–water partition coefficient (Wildman–Crippen LogP) is 3.82. The summed E-state index contributed by atoms with van der Waals surface area (Å²) in [5.41, 5.74) is 2.75. The van der Waals surface area contributed by atoms with Gasteiger partial charge < -0.3 is 5.32 Å². The number of halogens is 1. The van der Waals surface area contributed by atoms with Crippen LogP contribution in [0.4, 0.5) is 0 Å². The number of nitrogens with zero attached hydrogens (tertiary/aromatic N) is 3. The summed E-state index contributed by atoms with van der Waals surface area (Å²) < 4.78 is 1.84. The van der Waals surface area contributed by atoms with Crippen LogP contribution in [0.25, 0.3) is 0 Å². The molecule has 1 fully saturated rings. The van der Waals surface area contributed by atoms with Gasteiger partial charge in [0.2, 0.25) is 0 Å². The Labute approximate surface area is 160 Å². The fourth-order valence-corrected chi connectivity index (χ4v) is 3.77. The first-order chi connectivity index (χ1) is 12.6. The number of hydrogen-bond acceptors (Lipinski definition) is 3. The van der Waals surface area contributed by atoms with E-state index in [1.165, 1.54) is 24.8 Å². The Balaban J connectivity index is 1.73. The third-order valence-electron chi connectivity index (χ3n) is 5.19. The molecule has 1 unspecified atom stereocenters. The molecule has 1 aromatic carbocycles. The van der Waals surface area contributed by atoms with Crippen LogP contribution in [0.15, 0.2) is 30.5 Å². The molecule has 1 saturated heterocycles. The molecule has 0 bridgehead atoms. The molecule has 26 heavy (non-hydrogen) atoms. The maximum atomic E-state index is 12.7. The number of hydrogen-bond donors (Lipinski definition) is 1. The maximum Gasteiger partial charge on any atom is 0.254 e. The van der Waals surface area contributed by atoms with E-state index in [4.69, 9.17) is 11.6 Å². The molecule has 1 aliphatic rings. The van der Waals surface area contributed by atoms with Crippen LogP contribution >= 0.6 is 11.6 Å². The second-order valence-corrected chi connectivity index (χ2v) is 7.27. The molecule has 3 rings (SSSR count). The van der Waals surface area contributed by atoms with Crippen molar-refractivity contribution in [3.8, 4) is 0 Å².